The van der Waals surface area contributed by atoms with Crippen molar-refractivity contribution in [2.45, 2.75) is 12.8 Å². The summed E-state index contributed by atoms with van der Waals surface area (Å²) in [6, 6.07) is 7.64. The SMILES string of the molecule is COCCONC(=O)CCc1ccccc1OC. The monoisotopic (exact) mass is 253 g/mol. The Morgan fingerprint density at radius 2 is 2.00 bits per heavy atom. The predicted molar refractivity (Wildman–Crippen MR) is 67.3 cm³/mol. The second-order valence-electron chi connectivity index (χ2n) is 3.68. The first-order valence-electron chi connectivity index (χ1n) is 5.79. The summed E-state index contributed by atoms with van der Waals surface area (Å²) in [5, 5.41) is 0. The molecule has 1 aromatic rings. The third kappa shape index (κ3) is 5.16. The number of carbonyl (C=O) groups is 1. The molecule has 0 aliphatic rings. The van der Waals surface area contributed by atoms with Crippen LogP contribution in [0.15, 0.2) is 24.3 Å². The van der Waals surface area contributed by atoms with Crippen LogP contribution in [0.5, 0.6) is 5.75 Å². The number of methoxy groups -OCH3 is 2. The van der Waals surface area contributed by atoms with Crippen molar-refractivity contribution in [2.24, 2.45) is 0 Å². The van der Waals surface area contributed by atoms with E-state index in [0.717, 1.165) is 11.3 Å². The Balaban J connectivity index is 2.29. The molecule has 0 saturated heterocycles. The van der Waals surface area contributed by atoms with Crippen molar-refractivity contribution in [3.8, 4) is 5.75 Å². The minimum Gasteiger partial charge on any atom is -0.496 e. The zero-order valence-corrected chi connectivity index (χ0v) is 10.8. The van der Waals surface area contributed by atoms with Gasteiger partial charge >= 0.3 is 0 Å². The van der Waals surface area contributed by atoms with E-state index in [1.54, 1.807) is 14.2 Å². The molecule has 0 unspecified atom stereocenters. The lowest BCUT2D eigenvalue weighted by molar-refractivity contribution is -0.134. The number of rotatable bonds is 8. The number of nitrogens with one attached hydrogen (secondary N) is 1. The average Bonchev–Trinajstić information content (AvgIpc) is 2.41. The van der Waals surface area contributed by atoms with E-state index < -0.39 is 0 Å². The van der Waals surface area contributed by atoms with Gasteiger partial charge in [0.1, 0.15) is 5.75 Å². The molecule has 1 amide bonds. The number of para-hydroxylation sites is 1. The summed E-state index contributed by atoms with van der Waals surface area (Å²) in [6.07, 6.45) is 0.969. The van der Waals surface area contributed by atoms with Crippen molar-refractivity contribution in [1.82, 2.24) is 5.48 Å². The summed E-state index contributed by atoms with van der Waals surface area (Å²) in [7, 11) is 3.19. The molecular formula is C13H19NO4. The van der Waals surface area contributed by atoms with Gasteiger partial charge in [-0.25, -0.2) is 5.48 Å². The van der Waals surface area contributed by atoms with Gasteiger partial charge in [0, 0.05) is 13.5 Å². The van der Waals surface area contributed by atoms with E-state index >= 15 is 0 Å². The Bertz CT molecular complexity index is 368. The van der Waals surface area contributed by atoms with E-state index in [4.69, 9.17) is 14.3 Å². The number of benzene rings is 1. The highest BCUT2D eigenvalue weighted by Gasteiger charge is 2.05. The van der Waals surface area contributed by atoms with Gasteiger partial charge in [0.2, 0.25) is 5.91 Å². The summed E-state index contributed by atoms with van der Waals surface area (Å²) in [5.41, 5.74) is 3.37. The van der Waals surface area contributed by atoms with E-state index in [1.807, 2.05) is 24.3 Å². The second kappa shape index (κ2) is 8.49. The van der Waals surface area contributed by atoms with Crippen molar-refractivity contribution in [1.29, 1.82) is 0 Å². The number of ether oxygens (including phenoxy) is 2. The smallest absolute Gasteiger partial charge is 0.243 e. The predicted octanol–water partition coefficient (Wildman–Crippen LogP) is 1.32. The summed E-state index contributed by atoms with van der Waals surface area (Å²) in [4.78, 5) is 16.4. The fourth-order valence-corrected chi connectivity index (χ4v) is 1.47. The Morgan fingerprint density at radius 1 is 1.22 bits per heavy atom. The first kappa shape index (κ1) is 14.5. The molecule has 0 heterocycles. The van der Waals surface area contributed by atoms with Crippen LogP contribution in [0.3, 0.4) is 0 Å². The molecule has 0 fully saturated rings. The highest BCUT2D eigenvalue weighted by atomic mass is 16.7. The number of amides is 1. The molecule has 0 bridgehead atoms. The highest BCUT2D eigenvalue weighted by Crippen LogP contribution is 2.18. The summed E-state index contributed by atoms with van der Waals surface area (Å²) < 4.78 is 10.0. The van der Waals surface area contributed by atoms with Crippen LogP contribution in [-0.2, 0) is 20.8 Å². The molecule has 0 radical (unpaired) electrons. The van der Waals surface area contributed by atoms with Crippen LogP contribution in [-0.4, -0.2) is 33.3 Å². The van der Waals surface area contributed by atoms with Crippen LogP contribution in [0, 0.1) is 0 Å². The van der Waals surface area contributed by atoms with E-state index in [-0.39, 0.29) is 5.91 Å². The summed E-state index contributed by atoms with van der Waals surface area (Å²) >= 11 is 0. The largest absolute Gasteiger partial charge is 0.496 e. The maximum absolute atomic E-state index is 11.5. The summed E-state index contributed by atoms with van der Waals surface area (Å²) in [6.45, 7) is 0.795. The molecule has 0 aliphatic heterocycles. The van der Waals surface area contributed by atoms with E-state index in [0.29, 0.717) is 26.1 Å². The third-order valence-electron chi connectivity index (χ3n) is 2.39. The number of carbonyl (C=O) groups excluding carboxylic acids is 1. The maximum atomic E-state index is 11.5. The molecule has 18 heavy (non-hydrogen) atoms. The Kier molecular flexibility index (Phi) is 6.83. The zero-order chi connectivity index (χ0) is 13.2. The van der Waals surface area contributed by atoms with Gasteiger partial charge in [0.15, 0.2) is 0 Å². The first-order chi connectivity index (χ1) is 8.77. The standard InChI is InChI=1S/C13H19NO4/c1-16-9-10-18-14-13(15)8-7-11-5-3-4-6-12(11)17-2/h3-6H,7-10H2,1-2H3,(H,14,15). The lowest BCUT2D eigenvalue weighted by Gasteiger charge is -2.08. The molecule has 0 saturated carbocycles. The number of aryl methyl sites for hydroxylation is 1. The lowest BCUT2D eigenvalue weighted by atomic mass is 10.1. The van der Waals surface area contributed by atoms with Gasteiger partial charge < -0.3 is 9.47 Å². The highest BCUT2D eigenvalue weighted by molar-refractivity contribution is 5.75. The van der Waals surface area contributed by atoms with Gasteiger partial charge in [-0.3, -0.25) is 9.63 Å². The van der Waals surface area contributed by atoms with Crippen molar-refractivity contribution < 1.29 is 19.1 Å². The Labute approximate surface area is 107 Å². The van der Waals surface area contributed by atoms with Gasteiger partial charge in [0.25, 0.3) is 0 Å². The molecule has 0 aromatic heterocycles. The first-order valence-corrected chi connectivity index (χ1v) is 5.79. The third-order valence-corrected chi connectivity index (χ3v) is 2.39. The number of hydroxylamine groups is 1. The van der Waals surface area contributed by atoms with E-state index in [1.165, 1.54) is 0 Å². The van der Waals surface area contributed by atoms with Gasteiger partial charge in [-0.1, -0.05) is 18.2 Å². The van der Waals surface area contributed by atoms with Gasteiger partial charge in [-0.2, -0.15) is 0 Å². The van der Waals surface area contributed by atoms with Crippen molar-refractivity contribution >= 4 is 5.91 Å². The van der Waals surface area contributed by atoms with Crippen molar-refractivity contribution in [3.63, 3.8) is 0 Å². The van der Waals surface area contributed by atoms with Crippen LogP contribution < -0.4 is 10.2 Å². The number of hydrogen-bond donors (Lipinski definition) is 1. The lowest BCUT2D eigenvalue weighted by Crippen LogP contribution is -2.25. The minimum atomic E-state index is -0.156. The maximum Gasteiger partial charge on any atom is 0.243 e. The fraction of sp³-hybridized carbons (Fsp3) is 0.462. The molecule has 0 aliphatic carbocycles. The molecule has 100 valence electrons. The van der Waals surface area contributed by atoms with Crippen LogP contribution in [0.25, 0.3) is 0 Å². The van der Waals surface area contributed by atoms with E-state index in [2.05, 4.69) is 5.48 Å². The fourth-order valence-electron chi connectivity index (χ4n) is 1.47. The van der Waals surface area contributed by atoms with Gasteiger partial charge in [-0.15, -0.1) is 0 Å². The molecule has 1 rings (SSSR count). The molecular weight excluding hydrogens is 234 g/mol. The van der Waals surface area contributed by atoms with Crippen molar-refractivity contribution in [2.75, 3.05) is 27.4 Å². The molecule has 5 heteroatoms. The van der Waals surface area contributed by atoms with E-state index in [9.17, 15) is 4.79 Å². The van der Waals surface area contributed by atoms with Gasteiger partial charge in [-0.05, 0) is 18.1 Å². The molecule has 0 atom stereocenters. The van der Waals surface area contributed by atoms with Crippen molar-refractivity contribution in [3.05, 3.63) is 29.8 Å². The quantitative estimate of drug-likeness (QED) is 0.561. The van der Waals surface area contributed by atoms with Crippen LogP contribution >= 0.6 is 0 Å². The second-order valence-corrected chi connectivity index (χ2v) is 3.68. The molecule has 1 aromatic carbocycles. The average molecular weight is 253 g/mol. The Hall–Kier alpha value is -1.59. The molecule has 5 nitrogen and oxygen atoms in total. The van der Waals surface area contributed by atoms with Crippen LogP contribution in [0.4, 0.5) is 0 Å². The topological polar surface area (TPSA) is 56.8 Å². The zero-order valence-electron chi connectivity index (χ0n) is 10.8. The minimum absolute atomic E-state index is 0.156. The van der Waals surface area contributed by atoms with Crippen LogP contribution in [0.2, 0.25) is 0 Å². The molecule has 0 spiro atoms. The molecule has 1 N–H and O–H groups in total. The summed E-state index contributed by atoms with van der Waals surface area (Å²) in [5.74, 6) is 0.641. The normalized spacial score (nSPS) is 10.1. The number of hydrogen-bond acceptors (Lipinski definition) is 4. The van der Waals surface area contributed by atoms with Crippen LogP contribution in [0.1, 0.15) is 12.0 Å². The Morgan fingerprint density at radius 3 is 2.72 bits per heavy atom. The van der Waals surface area contributed by atoms with Gasteiger partial charge in [0.05, 0.1) is 20.3 Å².